The first-order valence-electron chi connectivity index (χ1n) is 8.73. The molecular formula is C21H24N2O. The Hall–Kier alpha value is -2.42. The zero-order valence-corrected chi connectivity index (χ0v) is 14.8. The molecular weight excluding hydrogens is 296 g/mol. The molecule has 1 atom stereocenters. The summed E-state index contributed by atoms with van der Waals surface area (Å²) in [5.74, 6) is 1.02. The molecule has 3 heteroatoms. The molecule has 0 N–H and O–H groups in total. The molecule has 0 saturated heterocycles. The summed E-state index contributed by atoms with van der Waals surface area (Å²) in [5, 5.41) is 1.24. The van der Waals surface area contributed by atoms with E-state index in [9.17, 15) is 0 Å². The summed E-state index contributed by atoms with van der Waals surface area (Å²) in [7, 11) is 0. The van der Waals surface area contributed by atoms with Crippen LogP contribution in [0.15, 0.2) is 52.7 Å². The summed E-state index contributed by atoms with van der Waals surface area (Å²) in [5.41, 5.74) is 5.95. The van der Waals surface area contributed by atoms with E-state index in [-0.39, 0.29) is 0 Å². The highest BCUT2D eigenvalue weighted by atomic mass is 16.3. The van der Waals surface area contributed by atoms with Crippen LogP contribution in [-0.2, 0) is 6.42 Å². The third-order valence-corrected chi connectivity index (χ3v) is 5.22. The molecule has 1 aromatic carbocycles. The van der Waals surface area contributed by atoms with Gasteiger partial charge < -0.3 is 14.2 Å². The molecule has 1 aliphatic carbocycles. The van der Waals surface area contributed by atoms with Crippen LogP contribution in [0.1, 0.15) is 37.7 Å². The van der Waals surface area contributed by atoms with E-state index < -0.39 is 0 Å². The Kier molecular flexibility index (Phi) is 3.52. The van der Waals surface area contributed by atoms with Crippen molar-refractivity contribution < 1.29 is 4.42 Å². The monoisotopic (exact) mass is 320 g/mol. The van der Waals surface area contributed by atoms with E-state index in [1.807, 2.05) is 0 Å². The van der Waals surface area contributed by atoms with E-state index in [2.05, 4.69) is 80.2 Å². The van der Waals surface area contributed by atoms with Crippen molar-refractivity contribution in [2.24, 2.45) is 0 Å². The number of aryl methyl sites for hydroxylation is 1. The predicted molar refractivity (Wildman–Crippen MR) is 99.2 cm³/mol. The fourth-order valence-corrected chi connectivity index (χ4v) is 3.84. The van der Waals surface area contributed by atoms with Crippen LogP contribution in [0.3, 0.4) is 0 Å². The van der Waals surface area contributed by atoms with Crippen LogP contribution in [0.5, 0.6) is 0 Å². The van der Waals surface area contributed by atoms with Gasteiger partial charge in [-0.15, -0.1) is 0 Å². The average molecular weight is 320 g/mol. The standard InChI is InChI=1S/C21H24N2O/c1-5-22-12-13-23(16(22)4)19-14(2)8-6-11-18-17-10-7-9-15(3)20(17)24-21(18)19/h6-10,12-13,16H,5,11H2,1-4H3/t16-/m1/s1. The highest BCUT2D eigenvalue weighted by molar-refractivity contribution is 5.90. The van der Waals surface area contributed by atoms with Crippen LogP contribution in [0.25, 0.3) is 16.7 Å². The molecule has 0 amide bonds. The van der Waals surface area contributed by atoms with Gasteiger partial charge in [-0.25, -0.2) is 0 Å². The molecule has 3 nitrogen and oxygen atoms in total. The number of hydrogen-bond donors (Lipinski definition) is 0. The molecule has 0 bridgehead atoms. The lowest BCUT2D eigenvalue weighted by atomic mass is 10.0. The molecule has 1 aliphatic heterocycles. The van der Waals surface area contributed by atoms with Gasteiger partial charge in [0.25, 0.3) is 0 Å². The lowest BCUT2D eigenvalue weighted by Crippen LogP contribution is -2.35. The molecule has 0 spiro atoms. The van der Waals surface area contributed by atoms with E-state index >= 15 is 0 Å². The number of nitrogens with zero attached hydrogens (tertiary/aromatic N) is 2. The fraction of sp³-hybridized carbons (Fsp3) is 0.333. The van der Waals surface area contributed by atoms with Crippen molar-refractivity contribution in [3.63, 3.8) is 0 Å². The van der Waals surface area contributed by atoms with Crippen molar-refractivity contribution in [2.75, 3.05) is 6.54 Å². The summed E-state index contributed by atoms with van der Waals surface area (Å²) in [6.45, 7) is 9.73. The van der Waals surface area contributed by atoms with Crippen molar-refractivity contribution in [1.82, 2.24) is 9.80 Å². The van der Waals surface area contributed by atoms with Crippen molar-refractivity contribution >= 4 is 16.7 Å². The second-order valence-corrected chi connectivity index (χ2v) is 6.67. The fourth-order valence-electron chi connectivity index (χ4n) is 3.84. The Morgan fingerprint density at radius 1 is 1.21 bits per heavy atom. The first-order chi connectivity index (χ1) is 11.6. The van der Waals surface area contributed by atoms with Gasteiger partial charge in [-0.1, -0.05) is 30.4 Å². The molecule has 2 heterocycles. The highest BCUT2D eigenvalue weighted by Gasteiger charge is 2.30. The number of rotatable bonds is 2. The Morgan fingerprint density at radius 2 is 2.04 bits per heavy atom. The van der Waals surface area contributed by atoms with Crippen molar-refractivity contribution in [2.45, 2.75) is 40.3 Å². The summed E-state index contributed by atoms with van der Waals surface area (Å²) >= 11 is 0. The SMILES string of the molecule is CCN1C=CN(C2=C(C)C=CCc3c2oc2c(C)cccc32)[C@@H]1C. The van der Waals surface area contributed by atoms with Gasteiger partial charge in [0.1, 0.15) is 11.7 Å². The van der Waals surface area contributed by atoms with Gasteiger partial charge in [-0.3, -0.25) is 0 Å². The van der Waals surface area contributed by atoms with Crippen molar-refractivity contribution in [3.8, 4) is 0 Å². The number of benzene rings is 1. The Balaban J connectivity index is 1.92. The maximum Gasteiger partial charge on any atom is 0.155 e. The van der Waals surface area contributed by atoms with Gasteiger partial charge in [-0.05, 0) is 45.3 Å². The summed E-state index contributed by atoms with van der Waals surface area (Å²) in [6, 6.07) is 6.42. The Bertz CT molecular complexity index is 885. The lowest BCUT2D eigenvalue weighted by Gasteiger charge is -2.30. The van der Waals surface area contributed by atoms with Crippen LogP contribution in [0.2, 0.25) is 0 Å². The van der Waals surface area contributed by atoms with Crippen LogP contribution in [-0.4, -0.2) is 22.5 Å². The number of furan rings is 1. The quantitative estimate of drug-likeness (QED) is 0.773. The van der Waals surface area contributed by atoms with E-state index in [4.69, 9.17) is 4.42 Å². The molecule has 0 saturated carbocycles. The van der Waals surface area contributed by atoms with E-state index in [0.29, 0.717) is 6.17 Å². The second-order valence-electron chi connectivity index (χ2n) is 6.67. The smallest absolute Gasteiger partial charge is 0.155 e. The van der Waals surface area contributed by atoms with Gasteiger partial charge in [0.15, 0.2) is 5.76 Å². The zero-order chi connectivity index (χ0) is 16.8. The van der Waals surface area contributed by atoms with E-state index in [1.165, 1.54) is 27.8 Å². The molecule has 1 aromatic heterocycles. The van der Waals surface area contributed by atoms with Crippen LogP contribution >= 0.6 is 0 Å². The van der Waals surface area contributed by atoms with Crippen LogP contribution < -0.4 is 0 Å². The maximum atomic E-state index is 6.42. The maximum absolute atomic E-state index is 6.42. The molecule has 0 fully saturated rings. The third kappa shape index (κ3) is 2.11. The normalized spacial score (nSPS) is 20.2. The van der Waals surface area contributed by atoms with Gasteiger partial charge >= 0.3 is 0 Å². The minimum absolute atomic E-state index is 0.300. The van der Waals surface area contributed by atoms with Crippen molar-refractivity contribution in [1.29, 1.82) is 0 Å². The first-order valence-corrected chi connectivity index (χ1v) is 8.73. The summed E-state index contributed by atoms with van der Waals surface area (Å²) in [4.78, 5) is 4.67. The van der Waals surface area contributed by atoms with Crippen molar-refractivity contribution in [3.05, 3.63) is 65.2 Å². The number of fused-ring (bicyclic) bond motifs is 3. The topological polar surface area (TPSA) is 19.6 Å². The molecule has 2 aliphatic rings. The average Bonchev–Trinajstić information content (AvgIpc) is 3.06. The molecule has 2 aromatic rings. The van der Waals surface area contributed by atoms with E-state index in [0.717, 1.165) is 24.3 Å². The molecule has 0 radical (unpaired) electrons. The molecule has 0 unspecified atom stereocenters. The van der Waals surface area contributed by atoms with Gasteiger partial charge in [0.05, 0.1) is 5.70 Å². The Morgan fingerprint density at radius 3 is 2.79 bits per heavy atom. The molecule has 4 rings (SSSR count). The van der Waals surface area contributed by atoms with E-state index in [1.54, 1.807) is 0 Å². The number of hydrogen-bond acceptors (Lipinski definition) is 3. The minimum Gasteiger partial charge on any atom is -0.454 e. The number of para-hydroxylation sites is 1. The van der Waals surface area contributed by atoms with Crippen LogP contribution in [0.4, 0.5) is 0 Å². The third-order valence-electron chi connectivity index (χ3n) is 5.22. The van der Waals surface area contributed by atoms with Gasteiger partial charge in [-0.2, -0.15) is 0 Å². The molecule has 124 valence electrons. The minimum atomic E-state index is 0.300. The lowest BCUT2D eigenvalue weighted by molar-refractivity contribution is 0.226. The number of allylic oxidation sites excluding steroid dienone is 3. The summed E-state index contributed by atoms with van der Waals surface area (Å²) in [6.07, 6.45) is 10.0. The zero-order valence-electron chi connectivity index (χ0n) is 14.8. The highest BCUT2D eigenvalue weighted by Crippen LogP contribution is 2.39. The first kappa shape index (κ1) is 15.1. The van der Waals surface area contributed by atoms with Gasteiger partial charge in [0, 0.05) is 29.9 Å². The molecule has 24 heavy (non-hydrogen) atoms. The largest absolute Gasteiger partial charge is 0.454 e. The van der Waals surface area contributed by atoms with Gasteiger partial charge in [0.2, 0.25) is 0 Å². The predicted octanol–water partition coefficient (Wildman–Crippen LogP) is 5.04. The summed E-state index contributed by atoms with van der Waals surface area (Å²) < 4.78 is 6.42. The van der Waals surface area contributed by atoms with Crippen LogP contribution in [0, 0.1) is 6.92 Å². The Labute approximate surface area is 143 Å². The second kappa shape index (κ2) is 5.59.